The van der Waals surface area contributed by atoms with E-state index in [1.807, 2.05) is 36.7 Å². The molecule has 1 aromatic carbocycles. The average Bonchev–Trinajstić information content (AvgIpc) is 3.02. The maximum Gasteiger partial charge on any atom is 0.242 e. The second-order valence-corrected chi connectivity index (χ2v) is 9.22. The fraction of sp³-hybridized carbons (Fsp3) is 0.350. The maximum absolute atomic E-state index is 12.3. The fourth-order valence-corrected chi connectivity index (χ4v) is 3.99. The van der Waals surface area contributed by atoms with E-state index in [1.54, 1.807) is 24.4 Å². The number of aromatic nitrogens is 3. The minimum Gasteiger partial charge on any atom is -0.348 e. The van der Waals surface area contributed by atoms with E-state index in [1.165, 1.54) is 18.4 Å². The Morgan fingerprint density at radius 3 is 2.66 bits per heavy atom. The molecule has 9 heteroatoms. The van der Waals surface area contributed by atoms with Gasteiger partial charge in [0.05, 0.1) is 27.7 Å². The number of carbonyl (C=O) groups excluding carboxylic acids is 1. The summed E-state index contributed by atoms with van der Waals surface area (Å²) in [5, 5.41) is 2.94. The van der Waals surface area contributed by atoms with Gasteiger partial charge in [-0.3, -0.25) is 9.78 Å². The molecule has 0 aliphatic rings. The number of nitrogens with zero attached hydrogens (tertiary/aromatic N) is 4. The highest BCUT2D eigenvalue weighted by atomic mass is 32.2. The number of pyridine rings is 1. The molecule has 8 nitrogen and oxygen atoms in total. The number of nitrogens with one attached hydrogen (secondary N) is 1. The summed E-state index contributed by atoms with van der Waals surface area (Å²) in [7, 11) is 1.32. The minimum atomic E-state index is -3.52. The molecule has 0 aliphatic heterocycles. The lowest BCUT2D eigenvalue weighted by molar-refractivity contribution is -0.121. The first-order chi connectivity index (χ1) is 13.7. The molecule has 0 saturated heterocycles. The zero-order valence-corrected chi connectivity index (χ0v) is 17.8. The smallest absolute Gasteiger partial charge is 0.242 e. The molecule has 2 aromatic heterocycles. The molecule has 0 saturated carbocycles. The predicted molar refractivity (Wildman–Crippen MR) is 111 cm³/mol. The molecule has 154 valence electrons. The van der Waals surface area contributed by atoms with Crippen LogP contribution in [0.2, 0.25) is 0 Å². The zero-order valence-electron chi connectivity index (χ0n) is 17.0. The molecule has 2 heterocycles. The van der Waals surface area contributed by atoms with Crippen molar-refractivity contribution in [2.24, 2.45) is 7.05 Å². The molecule has 3 aromatic rings. The molecule has 1 amide bonds. The van der Waals surface area contributed by atoms with Gasteiger partial charge >= 0.3 is 0 Å². The molecule has 1 atom stereocenters. The lowest BCUT2D eigenvalue weighted by atomic mass is 10.2. The Bertz CT molecular complexity index is 1120. The van der Waals surface area contributed by atoms with Crippen molar-refractivity contribution in [1.29, 1.82) is 0 Å². The standard InChI is InChI=1S/C20H25N5O3S/c1-14(16-7-5-6-12-21-16)22-20(26)11-10-19-23-17-13-15(29(27,28)24(2)3)8-9-18(17)25(19)4/h5-9,12-14H,10-11H2,1-4H3,(H,22,26). The summed E-state index contributed by atoms with van der Waals surface area (Å²) < 4.78 is 27.7. The number of imidazole rings is 1. The number of amides is 1. The van der Waals surface area contributed by atoms with Crippen LogP contribution in [-0.2, 0) is 28.3 Å². The lowest BCUT2D eigenvalue weighted by Gasteiger charge is -2.13. The predicted octanol–water partition coefficient (Wildman–Crippen LogP) is 2.03. The van der Waals surface area contributed by atoms with Crippen molar-refractivity contribution in [2.75, 3.05) is 14.1 Å². The molecule has 29 heavy (non-hydrogen) atoms. The summed E-state index contributed by atoms with van der Waals surface area (Å²) in [6, 6.07) is 10.3. The maximum atomic E-state index is 12.3. The van der Waals surface area contributed by atoms with Crippen molar-refractivity contribution in [2.45, 2.75) is 30.7 Å². The van der Waals surface area contributed by atoms with Crippen molar-refractivity contribution >= 4 is 27.0 Å². The molecule has 0 spiro atoms. The molecule has 0 bridgehead atoms. The second kappa shape index (κ2) is 8.30. The summed E-state index contributed by atoms with van der Waals surface area (Å²) in [6.45, 7) is 1.89. The highest BCUT2D eigenvalue weighted by molar-refractivity contribution is 7.89. The van der Waals surface area contributed by atoms with Gasteiger partial charge in [0.1, 0.15) is 5.82 Å². The first-order valence-corrected chi connectivity index (χ1v) is 10.7. The number of carbonyl (C=O) groups is 1. The van der Waals surface area contributed by atoms with Crippen LogP contribution in [0.5, 0.6) is 0 Å². The topological polar surface area (TPSA) is 97.2 Å². The molecule has 0 fully saturated rings. The summed E-state index contributed by atoms with van der Waals surface area (Å²) in [5.41, 5.74) is 2.21. The number of aryl methyl sites for hydroxylation is 2. The van der Waals surface area contributed by atoms with E-state index in [4.69, 9.17) is 0 Å². The van der Waals surface area contributed by atoms with Gasteiger partial charge in [0.15, 0.2) is 0 Å². The largest absolute Gasteiger partial charge is 0.348 e. The summed E-state index contributed by atoms with van der Waals surface area (Å²) in [5.74, 6) is 0.631. The lowest BCUT2D eigenvalue weighted by Crippen LogP contribution is -2.27. The van der Waals surface area contributed by atoms with Gasteiger partial charge in [-0.15, -0.1) is 0 Å². The van der Waals surface area contributed by atoms with Gasteiger partial charge in [-0.1, -0.05) is 6.07 Å². The van der Waals surface area contributed by atoms with Gasteiger partial charge in [-0.2, -0.15) is 0 Å². The van der Waals surface area contributed by atoms with Crippen LogP contribution in [0.15, 0.2) is 47.5 Å². The van der Waals surface area contributed by atoms with Crippen molar-refractivity contribution in [3.8, 4) is 0 Å². The van der Waals surface area contributed by atoms with Crippen molar-refractivity contribution in [3.05, 3.63) is 54.1 Å². The van der Waals surface area contributed by atoms with Gasteiger partial charge in [0.25, 0.3) is 0 Å². The van der Waals surface area contributed by atoms with Gasteiger partial charge in [-0.05, 0) is 37.3 Å². The van der Waals surface area contributed by atoms with Crippen molar-refractivity contribution in [1.82, 2.24) is 24.2 Å². The van der Waals surface area contributed by atoms with Gasteiger partial charge in [0, 0.05) is 40.2 Å². The highest BCUT2D eigenvalue weighted by Gasteiger charge is 2.19. The quantitative estimate of drug-likeness (QED) is 0.637. The van der Waals surface area contributed by atoms with E-state index in [2.05, 4.69) is 15.3 Å². The molecule has 0 radical (unpaired) electrons. The number of hydrogen-bond donors (Lipinski definition) is 1. The first kappa shape index (κ1) is 20.9. The Morgan fingerprint density at radius 2 is 2.00 bits per heavy atom. The molecular weight excluding hydrogens is 390 g/mol. The average molecular weight is 416 g/mol. The third-order valence-electron chi connectivity index (χ3n) is 4.81. The van der Waals surface area contributed by atoms with Crippen LogP contribution in [0, 0.1) is 0 Å². The van der Waals surface area contributed by atoms with Crippen molar-refractivity contribution < 1.29 is 13.2 Å². The van der Waals surface area contributed by atoms with Crippen LogP contribution in [0.3, 0.4) is 0 Å². The van der Waals surface area contributed by atoms with Gasteiger partial charge in [0.2, 0.25) is 15.9 Å². The zero-order chi connectivity index (χ0) is 21.2. The number of hydrogen-bond acceptors (Lipinski definition) is 5. The Kier molecular flexibility index (Phi) is 5.99. The monoisotopic (exact) mass is 415 g/mol. The van der Waals surface area contributed by atoms with E-state index in [0.29, 0.717) is 11.9 Å². The fourth-order valence-electron chi connectivity index (χ4n) is 3.07. The Balaban J connectivity index is 1.72. The number of sulfonamides is 1. The SMILES string of the molecule is CC(NC(=O)CCc1nc2cc(S(=O)(=O)N(C)C)ccc2n1C)c1ccccn1. The van der Waals surface area contributed by atoms with Crippen LogP contribution >= 0.6 is 0 Å². The molecule has 1 unspecified atom stereocenters. The molecule has 1 N–H and O–H groups in total. The third-order valence-corrected chi connectivity index (χ3v) is 6.62. The second-order valence-electron chi connectivity index (χ2n) is 7.07. The number of fused-ring (bicyclic) bond motifs is 1. The Labute approximate surface area is 170 Å². The van der Waals surface area contributed by atoms with E-state index < -0.39 is 10.0 Å². The molecular formula is C20H25N5O3S. The molecule has 3 rings (SSSR count). The first-order valence-electron chi connectivity index (χ1n) is 9.28. The van der Waals surface area contributed by atoms with Gasteiger partial charge < -0.3 is 9.88 Å². The summed E-state index contributed by atoms with van der Waals surface area (Å²) in [4.78, 5) is 21.3. The van der Waals surface area contributed by atoms with Crippen LogP contribution < -0.4 is 5.32 Å². The van der Waals surface area contributed by atoms with Crippen LogP contribution in [0.25, 0.3) is 11.0 Å². The van der Waals surface area contributed by atoms with Crippen molar-refractivity contribution in [3.63, 3.8) is 0 Å². The molecule has 0 aliphatic carbocycles. The van der Waals surface area contributed by atoms with Crippen LogP contribution in [-0.4, -0.2) is 47.3 Å². The third kappa shape index (κ3) is 4.46. The Hall–Kier alpha value is -2.78. The van der Waals surface area contributed by atoms with E-state index in [-0.39, 0.29) is 23.3 Å². The summed E-state index contributed by atoms with van der Waals surface area (Å²) in [6.07, 6.45) is 2.42. The number of rotatable bonds is 7. The minimum absolute atomic E-state index is 0.0916. The van der Waals surface area contributed by atoms with E-state index in [0.717, 1.165) is 17.0 Å². The highest BCUT2D eigenvalue weighted by Crippen LogP contribution is 2.22. The number of benzene rings is 1. The van der Waals surface area contributed by atoms with Crippen LogP contribution in [0.4, 0.5) is 0 Å². The van der Waals surface area contributed by atoms with E-state index >= 15 is 0 Å². The van der Waals surface area contributed by atoms with Gasteiger partial charge in [-0.25, -0.2) is 17.7 Å². The van der Waals surface area contributed by atoms with E-state index in [9.17, 15) is 13.2 Å². The Morgan fingerprint density at radius 1 is 1.24 bits per heavy atom. The van der Waals surface area contributed by atoms with Crippen LogP contribution in [0.1, 0.15) is 30.9 Å². The summed E-state index contributed by atoms with van der Waals surface area (Å²) >= 11 is 0. The normalized spacial score (nSPS) is 13.0.